The highest BCUT2D eigenvalue weighted by molar-refractivity contribution is 9.10. The Labute approximate surface area is 200 Å². The van der Waals surface area contributed by atoms with Crippen molar-refractivity contribution in [3.63, 3.8) is 0 Å². The van der Waals surface area contributed by atoms with Crippen LogP contribution in [0.5, 0.6) is 0 Å². The molecule has 32 heavy (non-hydrogen) atoms. The maximum absolute atomic E-state index is 12.7. The SMILES string of the molecule is Cc1cc(Br)cc(C)c1NC(=O)CSc1nnc(CN2CCOCC2)n1-c1ccccc1. The molecule has 1 N–H and O–H groups in total. The number of nitrogens with zero attached hydrogens (tertiary/aromatic N) is 4. The molecule has 2 heterocycles. The average molecular weight is 516 g/mol. The maximum Gasteiger partial charge on any atom is 0.234 e. The number of ether oxygens (including phenoxy) is 1. The predicted molar refractivity (Wildman–Crippen MR) is 130 cm³/mol. The van der Waals surface area contributed by atoms with E-state index in [1.54, 1.807) is 0 Å². The number of rotatable bonds is 7. The van der Waals surface area contributed by atoms with E-state index in [-0.39, 0.29) is 11.7 Å². The second kappa shape index (κ2) is 10.6. The minimum absolute atomic E-state index is 0.0686. The van der Waals surface area contributed by atoms with Crippen molar-refractivity contribution in [2.75, 3.05) is 37.4 Å². The first-order chi connectivity index (χ1) is 15.5. The monoisotopic (exact) mass is 515 g/mol. The van der Waals surface area contributed by atoms with Gasteiger partial charge in [-0.2, -0.15) is 0 Å². The van der Waals surface area contributed by atoms with Crippen molar-refractivity contribution < 1.29 is 9.53 Å². The van der Waals surface area contributed by atoms with Crippen LogP contribution in [-0.2, 0) is 16.1 Å². The van der Waals surface area contributed by atoms with Crippen molar-refractivity contribution in [2.45, 2.75) is 25.5 Å². The molecule has 1 fully saturated rings. The number of hydrogen-bond acceptors (Lipinski definition) is 6. The summed E-state index contributed by atoms with van der Waals surface area (Å²) in [5.41, 5.74) is 3.89. The number of benzene rings is 2. The number of halogens is 1. The van der Waals surface area contributed by atoms with Crippen LogP contribution in [0.1, 0.15) is 17.0 Å². The zero-order valence-electron chi connectivity index (χ0n) is 18.2. The second-order valence-electron chi connectivity index (χ2n) is 7.71. The molecule has 168 valence electrons. The molecule has 0 atom stereocenters. The van der Waals surface area contributed by atoms with Crippen molar-refractivity contribution in [1.29, 1.82) is 0 Å². The van der Waals surface area contributed by atoms with Crippen molar-refractivity contribution in [2.24, 2.45) is 0 Å². The molecule has 0 unspecified atom stereocenters. The third-order valence-electron chi connectivity index (χ3n) is 5.28. The Kier molecular flexibility index (Phi) is 7.62. The van der Waals surface area contributed by atoms with Crippen LogP contribution in [0.25, 0.3) is 5.69 Å². The summed E-state index contributed by atoms with van der Waals surface area (Å²) >= 11 is 4.89. The number of nitrogens with one attached hydrogen (secondary N) is 1. The number of morpholine rings is 1. The second-order valence-corrected chi connectivity index (χ2v) is 9.57. The molecule has 0 aliphatic carbocycles. The lowest BCUT2D eigenvalue weighted by Gasteiger charge is -2.26. The normalized spacial score (nSPS) is 14.5. The molecule has 2 aromatic carbocycles. The number of hydrogen-bond donors (Lipinski definition) is 1. The Bertz CT molecular complexity index is 1060. The van der Waals surface area contributed by atoms with E-state index in [4.69, 9.17) is 4.74 Å². The third kappa shape index (κ3) is 5.58. The van der Waals surface area contributed by atoms with E-state index in [0.717, 1.165) is 59.1 Å². The average Bonchev–Trinajstić information content (AvgIpc) is 3.18. The summed E-state index contributed by atoms with van der Waals surface area (Å²) in [5, 5.41) is 12.6. The summed E-state index contributed by atoms with van der Waals surface area (Å²) < 4.78 is 8.51. The third-order valence-corrected chi connectivity index (χ3v) is 6.66. The summed E-state index contributed by atoms with van der Waals surface area (Å²) in [6.45, 7) is 7.88. The molecular formula is C23H26BrN5O2S. The summed E-state index contributed by atoms with van der Waals surface area (Å²) in [7, 11) is 0. The van der Waals surface area contributed by atoms with Crippen LogP contribution >= 0.6 is 27.7 Å². The van der Waals surface area contributed by atoms with Gasteiger partial charge in [-0.3, -0.25) is 14.3 Å². The minimum atomic E-state index is -0.0686. The molecule has 4 rings (SSSR count). The predicted octanol–water partition coefficient (Wildman–Crippen LogP) is 4.21. The summed E-state index contributed by atoms with van der Waals surface area (Å²) in [4.78, 5) is 15.0. The lowest BCUT2D eigenvalue weighted by atomic mass is 10.1. The Hall–Kier alpha value is -2.20. The van der Waals surface area contributed by atoms with Crippen molar-refractivity contribution in [3.05, 3.63) is 63.9 Å². The van der Waals surface area contributed by atoms with E-state index in [1.165, 1.54) is 11.8 Å². The van der Waals surface area contributed by atoms with E-state index in [9.17, 15) is 4.79 Å². The molecule has 1 amide bonds. The van der Waals surface area contributed by atoms with Gasteiger partial charge in [0.25, 0.3) is 0 Å². The summed E-state index contributed by atoms with van der Waals surface area (Å²) in [6.07, 6.45) is 0. The lowest BCUT2D eigenvalue weighted by Crippen LogP contribution is -2.36. The fourth-order valence-electron chi connectivity index (χ4n) is 3.71. The van der Waals surface area contributed by atoms with Crippen LogP contribution in [0, 0.1) is 13.8 Å². The number of aryl methyl sites for hydroxylation is 2. The largest absolute Gasteiger partial charge is 0.379 e. The molecular weight excluding hydrogens is 490 g/mol. The Morgan fingerprint density at radius 1 is 1.12 bits per heavy atom. The van der Waals surface area contributed by atoms with E-state index < -0.39 is 0 Å². The van der Waals surface area contributed by atoms with Gasteiger partial charge in [0.2, 0.25) is 5.91 Å². The van der Waals surface area contributed by atoms with Crippen LogP contribution in [-0.4, -0.2) is 57.6 Å². The molecule has 1 aliphatic rings. The Balaban J connectivity index is 1.50. The molecule has 0 spiro atoms. The first-order valence-electron chi connectivity index (χ1n) is 10.5. The molecule has 0 radical (unpaired) electrons. The van der Waals surface area contributed by atoms with E-state index in [2.05, 4.69) is 36.3 Å². The molecule has 1 aromatic heterocycles. The van der Waals surface area contributed by atoms with Crippen molar-refractivity contribution in [3.8, 4) is 5.69 Å². The summed E-state index contributed by atoms with van der Waals surface area (Å²) in [6, 6.07) is 14.0. The zero-order valence-corrected chi connectivity index (χ0v) is 20.6. The van der Waals surface area contributed by atoms with Gasteiger partial charge in [0.15, 0.2) is 11.0 Å². The van der Waals surface area contributed by atoms with Crippen molar-refractivity contribution in [1.82, 2.24) is 19.7 Å². The summed E-state index contributed by atoms with van der Waals surface area (Å²) in [5.74, 6) is 1.04. The number of amides is 1. The van der Waals surface area contributed by atoms with Gasteiger partial charge in [0, 0.05) is 28.9 Å². The van der Waals surface area contributed by atoms with Gasteiger partial charge in [-0.05, 0) is 49.2 Å². The molecule has 0 bridgehead atoms. The number of carbonyl (C=O) groups is 1. The Morgan fingerprint density at radius 2 is 1.81 bits per heavy atom. The van der Waals surface area contributed by atoms with Gasteiger partial charge < -0.3 is 10.1 Å². The molecule has 3 aromatic rings. The number of anilines is 1. The van der Waals surface area contributed by atoms with E-state index in [0.29, 0.717) is 11.7 Å². The Morgan fingerprint density at radius 3 is 2.50 bits per heavy atom. The topological polar surface area (TPSA) is 72.3 Å². The van der Waals surface area contributed by atoms with Gasteiger partial charge in [0.1, 0.15) is 0 Å². The van der Waals surface area contributed by atoms with Crippen molar-refractivity contribution >= 4 is 39.3 Å². The molecule has 0 saturated carbocycles. The number of carbonyl (C=O) groups excluding carboxylic acids is 1. The molecule has 7 nitrogen and oxygen atoms in total. The van der Waals surface area contributed by atoms with E-state index in [1.807, 2.05) is 60.9 Å². The van der Waals surface area contributed by atoms with Gasteiger partial charge in [-0.15, -0.1) is 10.2 Å². The standard InChI is InChI=1S/C23H26BrN5O2S/c1-16-12-18(24)13-17(2)22(16)25-21(30)15-32-23-27-26-20(14-28-8-10-31-11-9-28)29(23)19-6-4-3-5-7-19/h3-7,12-13H,8-11,14-15H2,1-2H3,(H,25,30). The number of aromatic nitrogens is 3. The fourth-order valence-corrected chi connectivity index (χ4v) is 5.16. The molecule has 1 saturated heterocycles. The fraction of sp³-hybridized carbons (Fsp3) is 0.348. The smallest absolute Gasteiger partial charge is 0.234 e. The van der Waals surface area contributed by atoms with Crippen LogP contribution in [0.4, 0.5) is 5.69 Å². The van der Waals surface area contributed by atoms with Crippen LogP contribution < -0.4 is 5.32 Å². The van der Waals surface area contributed by atoms with E-state index >= 15 is 0 Å². The quantitative estimate of drug-likeness (QED) is 0.475. The molecule has 1 aliphatic heterocycles. The van der Waals surface area contributed by atoms with Crippen LogP contribution in [0.15, 0.2) is 52.1 Å². The van der Waals surface area contributed by atoms with Gasteiger partial charge in [0.05, 0.1) is 25.5 Å². The highest BCUT2D eigenvalue weighted by Gasteiger charge is 2.20. The maximum atomic E-state index is 12.7. The van der Waals surface area contributed by atoms with Crippen LogP contribution in [0.3, 0.4) is 0 Å². The number of para-hydroxylation sites is 1. The first kappa shape index (κ1) is 23.0. The highest BCUT2D eigenvalue weighted by atomic mass is 79.9. The number of thioether (sulfide) groups is 1. The van der Waals surface area contributed by atoms with Gasteiger partial charge in [-0.25, -0.2) is 0 Å². The highest BCUT2D eigenvalue weighted by Crippen LogP contribution is 2.27. The molecule has 9 heteroatoms. The minimum Gasteiger partial charge on any atom is -0.379 e. The van der Waals surface area contributed by atoms with Gasteiger partial charge >= 0.3 is 0 Å². The lowest BCUT2D eigenvalue weighted by molar-refractivity contribution is -0.113. The van der Waals surface area contributed by atoms with Crippen LogP contribution in [0.2, 0.25) is 0 Å². The first-order valence-corrected chi connectivity index (χ1v) is 12.3. The zero-order chi connectivity index (χ0) is 22.5. The van der Waals surface area contributed by atoms with Gasteiger partial charge in [-0.1, -0.05) is 45.9 Å².